The van der Waals surface area contributed by atoms with Gasteiger partial charge in [0.2, 0.25) is 0 Å². The lowest BCUT2D eigenvalue weighted by atomic mass is 10.1. The number of fused-ring (bicyclic) bond motifs is 1. The average molecular weight is 269 g/mol. The van der Waals surface area contributed by atoms with Gasteiger partial charge in [0.25, 0.3) is 5.91 Å². The topological polar surface area (TPSA) is 49.8 Å². The van der Waals surface area contributed by atoms with Gasteiger partial charge in [-0.15, -0.1) is 0 Å². The molecule has 1 aliphatic heterocycles. The van der Waals surface area contributed by atoms with Gasteiger partial charge < -0.3 is 14.7 Å². The third kappa shape index (κ3) is 2.45. The summed E-state index contributed by atoms with van der Waals surface area (Å²) in [5.74, 6) is 0.835. The number of carbonyl (C=O) groups is 1. The van der Waals surface area contributed by atoms with E-state index in [1.165, 1.54) is 6.07 Å². The number of ether oxygens (including phenoxy) is 1. The van der Waals surface area contributed by atoms with Gasteiger partial charge in [-0.3, -0.25) is 4.79 Å². The van der Waals surface area contributed by atoms with Crippen LogP contribution in [0.15, 0.2) is 48.5 Å². The number of hydrogen-bond donors (Lipinski definition) is 1. The van der Waals surface area contributed by atoms with E-state index in [2.05, 4.69) is 0 Å². The van der Waals surface area contributed by atoms with Crippen LogP contribution in [0.5, 0.6) is 11.5 Å². The number of phenols is 1. The van der Waals surface area contributed by atoms with Gasteiger partial charge in [0.15, 0.2) is 0 Å². The molecule has 2 aromatic carbocycles. The number of benzene rings is 2. The SMILES string of the molecule is O=C(c1cccc(O)c1)N1CCOc2ccccc2C1. The van der Waals surface area contributed by atoms with Gasteiger partial charge >= 0.3 is 0 Å². The second-order valence-electron chi connectivity index (χ2n) is 4.73. The van der Waals surface area contributed by atoms with Gasteiger partial charge in [0.1, 0.15) is 18.1 Å². The molecule has 1 amide bonds. The second kappa shape index (κ2) is 5.25. The summed E-state index contributed by atoms with van der Waals surface area (Å²) in [5.41, 5.74) is 1.49. The molecule has 1 N–H and O–H groups in total. The third-order valence-corrected chi connectivity index (χ3v) is 3.33. The summed E-state index contributed by atoms with van der Waals surface area (Å²) in [6, 6.07) is 14.2. The molecule has 0 atom stereocenters. The van der Waals surface area contributed by atoms with Crippen LogP contribution < -0.4 is 4.74 Å². The Balaban J connectivity index is 1.86. The minimum absolute atomic E-state index is 0.0961. The van der Waals surface area contributed by atoms with Gasteiger partial charge in [0, 0.05) is 17.7 Å². The van der Waals surface area contributed by atoms with Crippen molar-refractivity contribution in [2.45, 2.75) is 6.54 Å². The minimum atomic E-state index is -0.0961. The summed E-state index contributed by atoms with van der Waals surface area (Å²) in [6.45, 7) is 1.52. The van der Waals surface area contributed by atoms with Crippen molar-refractivity contribution in [3.8, 4) is 11.5 Å². The molecule has 0 bridgehead atoms. The summed E-state index contributed by atoms with van der Waals surface area (Å²) < 4.78 is 5.65. The number of rotatable bonds is 1. The van der Waals surface area contributed by atoms with Gasteiger partial charge in [-0.05, 0) is 24.3 Å². The number of para-hydroxylation sites is 1. The smallest absolute Gasteiger partial charge is 0.254 e. The standard InChI is InChI=1S/C16H15NO3/c18-14-6-3-5-12(10-14)16(19)17-8-9-20-15-7-2-1-4-13(15)11-17/h1-7,10,18H,8-9,11H2. The Morgan fingerprint density at radius 1 is 1.15 bits per heavy atom. The average Bonchev–Trinajstić information content (AvgIpc) is 2.68. The molecule has 0 spiro atoms. The maximum absolute atomic E-state index is 12.5. The highest BCUT2D eigenvalue weighted by molar-refractivity contribution is 5.94. The van der Waals surface area contributed by atoms with Crippen LogP contribution in [0.2, 0.25) is 0 Å². The van der Waals surface area contributed by atoms with Crippen molar-refractivity contribution in [1.29, 1.82) is 0 Å². The first-order valence-electron chi connectivity index (χ1n) is 6.53. The van der Waals surface area contributed by atoms with Gasteiger partial charge in [0.05, 0.1) is 6.54 Å². The summed E-state index contributed by atoms with van der Waals surface area (Å²) in [4.78, 5) is 14.2. The largest absolute Gasteiger partial charge is 0.508 e. The highest BCUT2D eigenvalue weighted by Crippen LogP contribution is 2.23. The van der Waals surface area contributed by atoms with Crippen LogP contribution in [-0.4, -0.2) is 29.1 Å². The van der Waals surface area contributed by atoms with Crippen LogP contribution in [0.3, 0.4) is 0 Å². The first kappa shape index (κ1) is 12.5. The van der Waals surface area contributed by atoms with Crippen LogP contribution in [0.25, 0.3) is 0 Å². The Bertz CT molecular complexity index is 639. The second-order valence-corrected chi connectivity index (χ2v) is 4.73. The zero-order chi connectivity index (χ0) is 13.9. The number of carbonyl (C=O) groups excluding carboxylic acids is 1. The van der Waals surface area contributed by atoms with Gasteiger partial charge in [-0.2, -0.15) is 0 Å². The number of aromatic hydroxyl groups is 1. The highest BCUT2D eigenvalue weighted by Gasteiger charge is 2.20. The number of amides is 1. The number of hydrogen-bond acceptors (Lipinski definition) is 3. The molecule has 0 saturated carbocycles. The molecule has 0 saturated heterocycles. The van der Waals surface area contributed by atoms with Crippen LogP contribution in [0.4, 0.5) is 0 Å². The summed E-state index contributed by atoms with van der Waals surface area (Å²) >= 11 is 0. The van der Waals surface area contributed by atoms with Gasteiger partial charge in [-0.25, -0.2) is 0 Å². The molecule has 1 heterocycles. The van der Waals surface area contributed by atoms with Crippen LogP contribution in [-0.2, 0) is 6.54 Å². The molecule has 4 heteroatoms. The molecular formula is C16H15NO3. The molecule has 0 aromatic heterocycles. The van der Waals surface area contributed by atoms with Crippen molar-refractivity contribution in [3.63, 3.8) is 0 Å². The molecule has 4 nitrogen and oxygen atoms in total. The van der Waals surface area contributed by atoms with Crippen molar-refractivity contribution in [1.82, 2.24) is 4.90 Å². The molecule has 3 rings (SSSR count). The van der Waals surface area contributed by atoms with E-state index in [1.54, 1.807) is 23.1 Å². The number of phenolic OH excluding ortho intramolecular Hbond substituents is 1. The molecule has 1 aliphatic rings. The first-order chi connectivity index (χ1) is 9.74. The molecule has 2 aromatic rings. The molecule has 0 aliphatic carbocycles. The quantitative estimate of drug-likeness (QED) is 0.865. The molecular weight excluding hydrogens is 254 g/mol. The molecule has 102 valence electrons. The Morgan fingerprint density at radius 3 is 2.85 bits per heavy atom. The van der Waals surface area contributed by atoms with Crippen LogP contribution in [0.1, 0.15) is 15.9 Å². The van der Waals surface area contributed by atoms with E-state index < -0.39 is 0 Å². The molecule has 0 unspecified atom stereocenters. The fourth-order valence-electron chi connectivity index (χ4n) is 2.32. The maximum atomic E-state index is 12.5. The van der Waals surface area contributed by atoms with E-state index in [0.29, 0.717) is 25.3 Å². The lowest BCUT2D eigenvalue weighted by molar-refractivity contribution is 0.0733. The molecule has 0 radical (unpaired) electrons. The van der Waals surface area contributed by atoms with E-state index in [1.807, 2.05) is 24.3 Å². The number of nitrogens with zero attached hydrogens (tertiary/aromatic N) is 1. The summed E-state index contributed by atoms with van der Waals surface area (Å²) in [5, 5.41) is 9.48. The van der Waals surface area contributed by atoms with Gasteiger partial charge in [-0.1, -0.05) is 24.3 Å². The predicted octanol–water partition coefficient (Wildman–Crippen LogP) is 2.43. The van der Waals surface area contributed by atoms with Crippen molar-refractivity contribution >= 4 is 5.91 Å². The van der Waals surface area contributed by atoms with Crippen molar-refractivity contribution in [3.05, 3.63) is 59.7 Å². The van der Waals surface area contributed by atoms with Crippen molar-refractivity contribution in [2.75, 3.05) is 13.2 Å². The van der Waals surface area contributed by atoms with E-state index >= 15 is 0 Å². The first-order valence-corrected chi connectivity index (χ1v) is 6.53. The zero-order valence-electron chi connectivity index (χ0n) is 11.0. The molecule has 0 fully saturated rings. The van der Waals surface area contributed by atoms with Crippen LogP contribution in [0, 0.1) is 0 Å². The Hall–Kier alpha value is -2.49. The maximum Gasteiger partial charge on any atom is 0.254 e. The Morgan fingerprint density at radius 2 is 2.00 bits per heavy atom. The highest BCUT2D eigenvalue weighted by atomic mass is 16.5. The minimum Gasteiger partial charge on any atom is -0.508 e. The fraction of sp³-hybridized carbons (Fsp3) is 0.188. The summed E-state index contributed by atoms with van der Waals surface area (Å²) in [7, 11) is 0. The van der Waals surface area contributed by atoms with E-state index in [4.69, 9.17) is 4.74 Å². The van der Waals surface area contributed by atoms with E-state index in [0.717, 1.165) is 11.3 Å². The predicted molar refractivity (Wildman–Crippen MR) is 74.8 cm³/mol. The lowest BCUT2D eigenvalue weighted by Gasteiger charge is -2.19. The van der Waals surface area contributed by atoms with Crippen LogP contribution >= 0.6 is 0 Å². The summed E-state index contributed by atoms with van der Waals surface area (Å²) in [6.07, 6.45) is 0. The van der Waals surface area contributed by atoms with Crippen molar-refractivity contribution in [2.24, 2.45) is 0 Å². The third-order valence-electron chi connectivity index (χ3n) is 3.33. The Labute approximate surface area is 117 Å². The van der Waals surface area contributed by atoms with Crippen molar-refractivity contribution < 1.29 is 14.6 Å². The van der Waals surface area contributed by atoms with E-state index in [9.17, 15) is 9.90 Å². The zero-order valence-corrected chi connectivity index (χ0v) is 11.0. The Kier molecular flexibility index (Phi) is 3.29. The van der Waals surface area contributed by atoms with E-state index in [-0.39, 0.29) is 11.7 Å². The normalized spacial score (nSPS) is 14.1. The monoisotopic (exact) mass is 269 g/mol. The molecule has 20 heavy (non-hydrogen) atoms. The lowest BCUT2D eigenvalue weighted by Crippen LogP contribution is -2.32. The fourth-order valence-corrected chi connectivity index (χ4v) is 2.32.